The average Bonchev–Trinajstić information content (AvgIpc) is 2.68. The smallest absolute Gasteiger partial charge is 0.240 e. The van der Waals surface area contributed by atoms with E-state index in [9.17, 15) is 8.42 Å². The molecule has 0 amide bonds. The van der Waals surface area contributed by atoms with E-state index in [1.807, 2.05) is 42.5 Å². The molecule has 0 heterocycles. The third-order valence-corrected chi connectivity index (χ3v) is 5.16. The Bertz CT molecular complexity index is 955. The van der Waals surface area contributed by atoms with Gasteiger partial charge in [0, 0.05) is 6.54 Å². The first-order valence-electron chi connectivity index (χ1n) is 8.03. The van der Waals surface area contributed by atoms with Crippen molar-refractivity contribution >= 4 is 10.0 Å². The number of hydrogen-bond acceptors (Lipinski definition) is 4. The predicted molar refractivity (Wildman–Crippen MR) is 100.0 cm³/mol. The van der Waals surface area contributed by atoms with Crippen molar-refractivity contribution in [3.63, 3.8) is 0 Å². The van der Waals surface area contributed by atoms with Gasteiger partial charge in [0.15, 0.2) is 11.5 Å². The Labute approximate surface area is 153 Å². The standard InChI is InChI=1S/C20H19NO4S/c1-24-19-9-5-6-10-20(19)25-17-11-13-18(14-12-17)26(22,23)21-15-16-7-3-2-4-8-16/h2-14,21H,15H2,1H3. The van der Waals surface area contributed by atoms with Crippen molar-refractivity contribution < 1.29 is 17.9 Å². The molecule has 5 nitrogen and oxygen atoms in total. The minimum atomic E-state index is -3.59. The van der Waals surface area contributed by atoms with Crippen LogP contribution < -0.4 is 14.2 Å². The van der Waals surface area contributed by atoms with Crippen LogP contribution in [0.3, 0.4) is 0 Å². The van der Waals surface area contributed by atoms with E-state index in [2.05, 4.69) is 4.72 Å². The van der Waals surface area contributed by atoms with Gasteiger partial charge < -0.3 is 9.47 Å². The number of benzene rings is 3. The molecule has 0 aromatic heterocycles. The summed E-state index contributed by atoms with van der Waals surface area (Å²) in [4.78, 5) is 0.181. The van der Waals surface area contributed by atoms with Crippen LogP contribution in [0.5, 0.6) is 17.2 Å². The van der Waals surface area contributed by atoms with Gasteiger partial charge in [0.05, 0.1) is 12.0 Å². The van der Waals surface area contributed by atoms with Crippen molar-refractivity contribution in [2.75, 3.05) is 7.11 Å². The summed E-state index contributed by atoms with van der Waals surface area (Å²) < 4.78 is 38.4. The molecule has 0 aliphatic carbocycles. The van der Waals surface area contributed by atoms with E-state index in [4.69, 9.17) is 9.47 Å². The van der Waals surface area contributed by atoms with Crippen molar-refractivity contribution in [2.24, 2.45) is 0 Å². The maximum atomic E-state index is 12.4. The normalized spacial score (nSPS) is 11.1. The SMILES string of the molecule is COc1ccccc1Oc1ccc(S(=O)(=O)NCc2ccccc2)cc1. The zero-order chi connectivity index (χ0) is 18.4. The largest absolute Gasteiger partial charge is 0.493 e. The van der Waals surface area contributed by atoms with Crippen LogP contribution >= 0.6 is 0 Å². The Morgan fingerprint density at radius 3 is 2.08 bits per heavy atom. The molecule has 3 rings (SSSR count). The van der Waals surface area contributed by atoms with Gasteiger partial charge >= 0.3 is 0 Å². The molecule has 0 unspecified atom stereocenters. The molecular weight excluding hydrogens is 350 g/mol. The molecule has 0 saturated heterocycles. The van der Waals surface area contributed by atoms with Gasteiger partial charge in [0.1, 0.15) is 5.75 Å². The highest BCUT2D eigenvalue weighted by Crippen LogP contribution is 2.31. The van der Waals surface area contributed by atoms with Gasteiger partial charge in [-0.05, 0) is 42.0 Å². The lowest BCUT2D eigenvalue weighted by molar-refractivity contribution is 0.379. The van der Waals surface area contributed by atoms with Crippen molar-refractivity contribution in [2.45, 2.75) is 11.4 Å². The summed E-state index contributed by atoms with van der Waals surface area (Å²) in [5.74, 6) is 1.69. The summed E-state index contributed by atoms with van der Waals surface area (Å²) in [6.07, 6.45) is 0. The van der Waals surface area contributed by atoms with E-state index >= 15 is 0 Å². The first-order chi connectivity index (χ1) is 12.6. The molecule has 134 valence electrons. The Morgan fingerprint density at radius 2 is 1.42 bits per heavy atom. The van der Waals surface area contributed by atoms with Gasteiger partial charge in [0.2, 0.25) is 10.0 Å². The fourth-order valence-corrected chi connectivity index (χ4v) is 3.39. The third kappa shape index (κ3) is 4.41. The van der Waals surface area contributed by atoms with Crippen LogP contribution in [0, 0.1) is 0 Å². The highest BCUT2D eigenvalue weighted by Gasteiger charge is 2.14. The highest BCUT2D eigenvalue weighted by atomic mass is 32.2. The summed E-state index contributed by atoms with van der Waals surface area (Å²) in [7, 11) is -2.03. The van der Waals surface area contributed by atoms with Crippen LogP contribution in [0.2, 0.25) is 0 Å². The fourth-order valence-electron chi connectivity index (χ4n) is 2.37. The number of methoxy groups -OCH3 is 1. The van der Waals surface area contributed by atoms with Crippen LogP contribution in [-0.2, 0) is 16.6 Å². The van der Waals surface area contributed by atoms with Gasteiger partial charge in [-0.3, -0.25) is 0 Å². The summed E-state index contributed by atoms with van der Waals surface area (Å²) in [6.45, 7) is 0.239. The summed E-state index contributed by atoms with van der Waals surface area (Å²) in [5.41, 5.74) is 0.896. The fraction of sp³-hybridized carbons (Fsp3) is 0.100. The molecule has 0 aliphatic rings. The maximum absolute atomic E-state index is 12.4. The number of rotatable bonds is 7. The van der Waals surface area contributed by atoms with E-state index in [1.54, 1.807) is 31.4 Å². The van der Waals surface area contributed by atoms with Gasteiger partial charge in [-0.25, -0.2) is 13.1 Å². The predicted octanol–water partition coefficient (Wildman–Crippen LogP) is 3.97. The topological polar surface area (TPSA) is 64.6 Å². The van der Waals surface area contributed by atoms with Gasteiger partial charge in [0.25, 0.3) is 0 Å². The quantitative estimate of drug-likeness (QED) is 0.684. The van der Waals surface area contributed by atoms with Crippen LogP contribution in [0.25, 0.3) is 0 Å². The zero-order valence-corrected chi connectivity index (χ0v) is 15.1. The molecule has 26 heavy (non-hydrogen) atoms. The third-order valence-electron chi connectivity index (χ3n) is 3.74. The number of sulfonamides is 1. The molecule has 6 heteroatoms. The first kappa shape index (κ1) is 18.0. The van der Waals surface area contributed by atoms with Crippen LogP contribution in [0.1, 0.15) is 5.56 Å². The van der Waals surface area contributed by atoms with Gasteiger partial charge in [-0.2, -0.15) is 0 Å². The number of ether oxygens (including phenoxy) is 2. The minimum Gasteiger partial charge on any atom is -0.493 e. The first-order valence-corrected chi connectivity index (χ1v) is 9.51. The Morgan fingerprint density at radius 1 is 0.808 bits per heavy atom. The molecule has 1 N–H and O–H groups in total. The lowest BCUT2D eigenvalue weighted by atomic mass is 10.2. The molecule has 0 radical (unpaired) electrons. The molecule has 3 aromatic rings. The molecule has 0 bridgehead atoms. The van der Waals surface area contributed by atoms with Crippen molar-refractivity contribution in [1.82, 2.24) is 4.72 Å². The Kier molecular flexibility index (Phi) is 5.55. The number of para-hydroxylation sites is 2. The number of hydrogen-bond donors (Lipinski definition) is 1. The highest BCUT2D eigenvalue weighted by molar-refractivity contribution is 7.89. The Balaban J connectivity index is 1.70. The van der Waals surface area contributed by atoms with Crippen LogP contribution in [0.4, 0.5) is 0 Å². The summed E-state index contributed by atoms with van der Waals surface area (Å²) in [6, 6.07) is 22.9. The summed E-state index contributed by atoms with van der Waals surface area (Å²) >= 11 is 0. The van der Waals surface area contributed by atoms with Crippen molar-refractivity contribution in [1.29, 1.82) is 0 Å². The van der Waals surface area contributed by atoms with Gasteiger partial charge in [-0.15, -0.1) is 0 Å². The second-order valence-electron chi connectivity index (χ2n) is 5.53. The van der Waals surface area contributed by atoms with Crippen LogP contribution in [0.15, 0.2) is 83.8 Å². The Hall–Kier alpha value is -2.83. The van der Waals surface area contributed by atoms with E-state index in [1.165, 1.54) is 12.1 Å². The van der Waals surface area contributed by atoms with Crippen LogP contribution in [-0.4, -0.2) is 15.5 Å². The molecule has 0 spiro atoms. The lowest BCUT2D eigenvalue weighted by Crippen LogP contribution is -2.23. The van der Waals surface area contributed by atoms with E-state index in [0.29, 0.717) is 17.2 Å². The summed E-state index contributed by atoms with van der Waals surface area (Å²) in [5, 5.41) is 0. The lowest BCUT2D eigenvalue weighted by Gasteiger charge is -2.11. The molecular formula is C20H19NO4S. The molecule has 0 aliphatic heterocycles. The minimum absolute atomic E-state index is 0.181. The maximum Gasteiger partial charge on any atom is 0.240 e. The van der Waals surface area contributed by atoms with Crippen molar-refractivity contribution in [3.05, 3.63) is 84.4 Å². The second kappa shape index (κ2) is 8.03. The molecule has 0 atom stereocenters. The number of nitrogens with one attached hydrogen (secondary N) is 1. The zero-order valence-electron chi connectivity index (χ0n) is 14.3. The van der Waals surface area contributed by atoms with E-state index in [0.717, 1.165) is 5.56 Å². The molecule has 0 fully saturated rings. The monoisotopic (exact) mass is 369 g/mol. The van der Waals surface area contributed by atoms with E-state index < -0.39 is 10.0 Å². The van der Waals surface area contributed by atoms with E-state index in [-0.39, 0.29) is 11.4 Å². The van der Waals surface area contributed by atoms with Crippen molar-refractivity contribution in [3.8, 4) is 17.2 Å². The average molecular weight is 369 g/mol. The molecule has 0 saturated carbocycles. The molecule has 3 aromatic carbocycles. The second-order valence-corrected chi connectivity index (χ2v) is 7.30. The van der Waals surface area contributed by atoms with Gasteiger partial charge in [-0.1, -0.05) is 42.5 Å².